The standard InChI is InChI=1S/C15H15BrFN3/c1-18-13-3-2-4-14-11(13)8-19-15(20-14)10-7-9(17)5-6-12(10)16/h5-8,13,18H,2-4H2,1H3. The Morgan fingerprint density at radius 2 is 2.25 bits per heavy atom. The lowest BCUT2D eigenvalue weighted by molar-refractivity contribution is 0.488. The summed E-state index contributed by atoms with van der Waals surface area (Å²) in [6.07, 6.45) is 5.04. The molecule has 1 unspecified atom stereocenters. The van der Waals surface area contributed by atoms with Gasteiger partial charge in [0.1, 0.15) is 5.82 Å². The molecule has 2 aromatic rings. The van der Waals surface area contributed by atoms with Crippen LogP contribution in [-0.2, 0) is 6.42 Å². The van der Waals surface area contributed by atoms with Crippen LogP contribution in [0, 0.1) is 5.82 Å². The van der Waals surface area contributed by atoms with Gasteiger partial charge in [0.05, 0.1) is 0 Å². The highest BCUT2D eigenvalue weighted by Crippen LogP contribution is 2.31. The molecule has 1 atom stereocenters. The van der Waals surface area contributed by atoms with Crippen LogP contribution >= 0.6 is 15.9 Å². The Hall–Kier alpha value is -1.33. The molecular weight excluding hydrogens is 321 g/mol. The minimum atomic E-state index is -0.280. The van der Waals surface area contributed by atoms with Crippen LogP contribution in [0.4, 0.5) is 4.39 Å². The van der Waals surface area contributed by atoms with Gasteiger partial charge in [-0.1, -0.05) is 15.9 Å². The number of hydrogen-bond donors (Lipinski definition) is 1. The van der Waals surface area contributed by atoms with E-state index in [0.29, 0.717) is 17.4 Å². The maximum atomic E-state index is 13.4. The minimum Gasteiger partial charge on any atom is -0.313 e. The zero-order valence-corrected chi connectivity index (χ0v) is 12.7. The molecule has 3 nitrogen and oxygen atoms in total. The van der Waals surface area contributed by atoms with E-state index in [2.05, 4.69) is 31.2 Å². The fraction of sp³-hybridized carbons (Fsp3) is 0.333. The topological polar surface area (TPSA) is 37.8 Å². The fourth-order valence-electron chi connectivity index (χ4n) is 2.65. The molecule has 1 aliphatic carbocycles. The van der Waals surface area contributed by atoms with Crippen molar-refractivity contribution in [2.24, 2.45) is 0 Å². The van der Waals surface area contributed by atoms with Gasteiger partial charge in [0.2, 0.25) is 0 Å². The van der Waals surface area contributed by atoms with Gasteiger partial charge in [-0.05, 0) is 44.5 Å². The van der Waals surface area contributed by atoms with Gasteiger partial charge in [0.25, 0.3) is 0 Å². The molecule has 0 bridgehead atoms. The van der Waals surface area contributed by atoms with Crippen molar-refractivity contribution in [3.8, 4) is 11.4 Å². The van der Waals surface area contributed by atoms with E-state index >= 15 is 0 Å². The molecule has 1 aromatic heterocycles. The summed E-state index contributed by atoms with van der Waals surface area (Å²) < 4.78 is 14.2. The van der Waals surface area contributed by atoms with E-state index < -0.39 is 0 Å². The summed E-state index contributed by atoms with van der Waals surface area (Å²) in [6, 6.07) is 4.89. The molecule has 3 rings (SSSR count). The van der Waals surface area contributed by atoms with Crippen molar-refractivity contribution in [2.75, 3.05) is 7.05 Å². The Morgan fingerprint density at radius 3 is 3.05 bits per heavy atom. The summed E-state index contributed by atoms with van der Waals surface area (Å²) in [7, 11) is 1.96. The zero-order valence-electron chi connectivity index (χ0n) is 11.2. The van der Waals surface area contributed by atoms with Crippen LogP contribution in [0.25, 0.3) is 11.4 Å². The predicted octanol–water partition coefficient (Wildman–Crippen LogP) is 3.64. The summed E-state index contributed by atoms with van der Waals surface area (Å²) >= 11 is 3.43. The van der Waals surface area contributed by atoms with Gasteiger partial charge in [0.15, 0.2) is 5.82 Å². The first kappa shape index (κ1) is 13.6. The highest BCUT2D eigenvalue weighted by molar-refractivity contribution is 9.10. The second kappa shape index (κ2) is 5.58. The Balaban J connectivity index is 2.06. The van der Waals surface area contributed by atoms with Crippen LogP contribution in [0.2, 0.25) is 0 Å². The molecule has 0 fully saturated rings. The van der Waals surface area contributed by atoms with Gasteiger partial charge in [-0.15, -0.1) is 0 Å². The number of benzene rings is 1. The quantitative estimate of drug-likeness (QED) is 0.910. The molecule has 1 N–H and O–H groups in total. The van der Waals surface area contributed by atoms with Crippen molar-refractivity contribution in [2.45, 2.75) is 25.3 Å². The maximum absolute atomic E-state index is 13.4. The summed E-state index contributed by atoms with van der Waals surface area (Å²) in [5.41, 5.74) is 2.92. The Kier molecular flexibility index (Phi) is 3.81. The van der Waals surface area contributed by atoms with E-state index in [1.165, 1.54) is 12.1 Å². The maximum Gasteiger partial charge on any atom is 0.160 e. The van der Waals surface area contributed by atoms with Crippen LogP contribution in [0.1, 0.15) is 30.1 Å². The van der Waals surface area contributed by atoms with Gasteiger partial charge in [-0.3, -0.25) is 0 Å². The molecule has 5 heteroatoms. The average molecular weight is 336 g/mol. The zero-order chi connectivity index (χ0) is 14.1. The largest absolute Gasteiger partial charge is 0.313 e. The first-order valence-corrected chi connectivity index (χ1v) is 7.47. The van der Waals surface area contributed by atoms with Crippen LogP contribution in [-0.4, -0.2) is 17.0 Å². The normalized spacial score (nSPS) is 17.9. The third-order valence-corrected chi connectivity index (χ3v) is 4.39. The highest BCUT2D eigenvalue weighted by atomic mass is 79.9. The molecule has 0 spiro atoms. The third-order valence-electron chi connectivity index (χ3n) is 3.70. The Morgan fingerprint density at radius 1 is 1.40 bits per heavy atom. The SMILES string of the molecule is CNC1CCCc2nc(-c3cc(F)ccc3Br)ncc21. The van der Waals surface area contributed by atoms with Crippen molar-refractivity contribution in [3.63, 3.8) is 0 Å². The second-order valence-corrected chi connectivity index (χ2v) is 5.81. The molecule has 0 amide bonds. The summed E-state index contributed by atoms with van der Waals surface area (Å²) in [5.74, 6) is 0.296. The summed E-state index contributed by atoms with van der Waals surface area (Å²) in [4.78, 5) is 9.05. The van der Waals surface area contributed by atoms with Crippen molar-refractivity contribution in [3.05, 3.63) is 45.9 Å². The molecular formula is C15H15BrFN3. The van der Waals surface area contributed by atoms with Gasteiger partial charge in [-0.25, -0.2) is 14.4 Å². The number of hydrogen-bond acceptors (Lipinski definition) is 3. The van der Waals surface area contributed by atoms with E-state index in [-0.39, 0.29) is 5.82 Å². The number of aromatic nitrogens is 2. The lowest BCUT2D eigenvalue weighted by Crippen LogP contribution is -2.22. The van der Waals surface area contributed by atoms with Crippen LogP contribution in [0.15, 0.2) is 28.9 Å². The van der Waals surface area contributed by atoms with Crippen molar-refractivity contribution in [1.82, 2.24) is 15.3 Å². The van der Waals surface area contributed by atoms with Gasteiger partial charge in [0, 0.05) is 33.5 Å². The number of fused-ring (bicyclic) bond motifs is 1. The molecule has 104 valence electrons. The van der Waals surface area contributed by atoms with E-state index in [1.807, 2.05) is 13.2 Å². The van der Waals surface area contributed by atoms with Crippen LogP contribution in [0.3, 0.4) is 0 Å². The molecule has 1 heterocycles. The highest BCUT2D eigenvalue weighted by Gasteiger charge is 2.21. The molecule has 1 aromatic carbocycles. The second-order valence-electron chi connectivity index (χ2n) is 4.95. The van der Waals surface area contributed by atoms with Gasteiger partial charge < -0.3 is 5.32 Å². The minimum absolute atomic E-state index is 0.280. The van der Waals surface area contributed by atoms with Gasteiger partial charge >= 0.3 is 0 Å². The summed E-state index contributed by atoms with van der Waals surface area (Å²) in [5, 5.41) is 3.29. The smallest absolute Gasteiger partial charge is 0.160 e. The van der Waals surface area contributed by atoms with Gasteiger partial charge in [-0.2, -0.15) is 0 Å². The summed E-state index contributed by atoms with van der Waals surface area (Å²) in [6.45, 7) is 0. The number of halogens is 2. The van der Waals surface area contributed by atoms with E-state index in [1.54, 1.807) is 6.07 Å². The van der Waals surface area contributed by atoms with Crippen molar-refractivity contribution >= 4 is 15.9 Å². The average Bonchev–Trinajstić information content (AvgIpc) is 2.48. The number of rotatable bonds is 2. The number of nitrogens with zero attached hydrogens (tertiary/aromatic N) is 2. The first-order valence-electron chi connectivity index (χ1n) is 6.67. The monoisotopic (exact) mass is 335 g/mol. The Bertz CT molecular complexity index is 645. The molecule has 0 radical (unpaired) electrons. The lowest BCUT2D eigenvalue weighted by atomic mass is 9.92. The van der Waals surface area contributed by atoms with Crippen LogP contribution < -0.4 is 5.32 Å². The van der Waals surface area contributed by atoms with Crippen molar-refractivity contribution in [1.29, 1.82) is 0 Å². The van der Waals surface area contributed by atoms with E-state index in [9.17, 15) is 4.39 Å². The molecule has 0 saturated heterocycles. The van der Waals surface area contributed by atoms with Crippen molar-refractivity contribution < 1.29 is 4.39 Å². The number of aryl methyl sites for hydroxylation is 1. The van der Waals surface area contributed by atoms with Crippen LogP contribution in [0.5, 0.6) is 0 Å². The molecule has 20 heavy (non-hydrogen) atoms. The third kappa shape index (κ3) is 2.47. The molecule has 0 saturated carbocycles. The van der Waals surface area contributed by atoms with E-state index in [0.717, 1.165) is 35.0 Å². The predicted molar refractivity (Wildman–Crippen MR) is 79.9 cm³/mol. The Labute approximate surface area is 125 Å². The number of nitrogens with one attached hydrogen (secondary N) is 1. The van der Waals surface area contributed by atoms with E-state index in [4.69, 9.17) is 0 Å². The fourth-order valence-corrected chi connectivity index (χ4v) is 3.07. The molecule has 0 aliphatic heterocycles. The molecule has 1 aliphatic rings. The first-order chi connectivity index (χ1) is 9.69. The lowest BCUT2D eigenvalue weighted by Gasteiger charge is -2.24.